The van der Waals surface area contributed by atoms with Crippen LogP contribution in [-0.4, -0.2) is 77.9 Å². The number of ether oxygens (including phenoxy) is 4. The van der Waals surface area contributed by atoms with Gasteiger partial charge in [0.2, 0.25) is 12.7 Å². The lowest BCUT2D eigenvalue weighted by atomic mass is 10.1. The van der Waals surface area contributed by atoms with Gasteiger partial charge in [-0.05, 0) is 48.9 Å². The quantitative estimate of drug-likeness (QED) is 0.389. The maximum absolute atomic E-state index is 13.9. The molecule has 10 nitrogen and oxygen atoms in total. The van der Waals surface area contributed by atoms with Crippen LogP contribution in [0.2, 0.25) is 0 Å². The molecule has 0 radical (unpaired) electrons. The van der Waals surface area contributed by atoms with Crippen molar-refractivity contribution in [2.75, 3.05) is 58.0 Å². The van der Waals surface area contributed by atoms with E-state index in [-0.39, 0.29) is 29.9 Å². The van der Waals surface area contributed by atoms with E-state index >= 15 is 0 Å². The lowest BCUT2D eigenvalue weighted by Crippen LogP contribution is -2.51. The molecule has 1 amide bonds. The smallest absolute Gasteiger partial charge is 0.264 e. The van der Waals surface area contributed by atoms with Gasteiger partial charge in [-0.1, -0.05) is 23.8 Å². The van der Waals surface area contributed by atoms with Gasteiger partial charge in [-0.2, -0.15) is 0 Å². The average molecular weight is 568 g/mol. The van der Waals surface area contributed by atoms with Crippen molar-refractivity contribution in [3.8, 4) is 23.0 Å². The lowest BCUT2D eigenvalue weighted by Gasteiger charge is -2.36. The van der Waals surface area contributed by atoms with Crippen LogP contribution in [0.1, 0.15) is 11.1 Å². The molecule has 0 aromatic heterocycles. The fourth-order valence-electron chi connectivity index (χ4n) is 4.81. The number of benzene rings is 3. The number of fused-ring (bicyclic) bond motifs is 1. The number of rotatable bonds is 9. The molecule has 0 unspecified atom stereocenters. The van der Waals surface area contributed by atoms with Gasteiger partial charge in [0.25, 0.3) is 10.0 Å². The third-order valence-electron chi connectivity index (χ3n) is 7.11. The van der Waals surface area contributed by atoms with E-state index in [0.29, 0.717) is 37.6 Å². The minimum atomic E-state index is -4.10. The zero-order valence-electron chi connectivity index (χ0n) is 22.8. The Morgan fingerprint density at radius 3 is 2.27 bits per heavy atom. The molecule has 40 heavy (non-hydrogen) atoms. The van der Waals surface area contributed by atoms with Crippen LogP contribution in [0.3, 0.4) is 0 Å². The van der Waals surface area contributed by atoms with Crippen LogP contribution in [0.4, 0.5) is 5.69 Å². The molecule has 212 valence electrons. The summed E-state index contributed by atoms with van der Waals surface area (Å²) in [5, 5.41) is 0. The molecule has 1 saturated heterocycles. The number of amides is 1. The monoisotopic (exact) mass is 567 g/mol. The van der Waals surface area contributed by atoms with Gasteiger partial charge in [0, 0.05) is 38.8 Å². The summed E-state index contributed by atoms with van der Waals surface area (Å²) in [5.41, 5.74) is 2.50. The molecule has 0 bridgehead atoms. The Bertz CT molecular complexity index is 1470. The number of carbonyl (C=O) groups is 1. The van der Waals surface area contributed by atoms with E-state index < -0.39 is 10.0 Å². The van der Waals surface area contributed by atoms with Gasteiger partial charge in [0.1, 0.15) is 6.54 Å². The zero-order chi connectivity index (χ0) is 28.3. The third-order valence-corrected chi connectivity index (χ3v) is 8.88. The topological polar surface area (TPSA) is 97.9 Å². The van der Waals surface area contributed by atoms with Crippen molar-refractivity contribution in [1.82, 2.24) is 9.80 Å². The number of anilines is 1. The zero-order valence-corrected chi connectivity index (χ0v) is 23.6. The van der Waals surface area contributed by atoms with E-state index in [1.54, 1.807) is 23.1 Å². The number of hydrogen-bond acceptors (Lipinski definition) is 8. The predicted molar refractivity (Wildman–Crippen MR) is 150 cm³/mol. The summed E-state index contributed by atoms with van der Waals surface area (Å²) in [6.45, 7) is 4.92. The molecule has 0 N–H and O–H groups in total. The minimum absolute atomic E-state index is 0.00655. The summed E-state index contributed by atoms with van der Waals surface area (Å²) >= 11 is 0. The molecule has 0 atom stereocenters. The predicted octanol–water partition coefficient (Wildman–Crippen LogP) is 3.28. The second-order valence-corrected chi connectivity index (χ2v) is 11.6. The second kappa shape index (κ2) is 11.6. The second-order valence-electron chi connectivity index (χ2n) is 9.71. The number of sulfonamides is 1. The summed E-state index contributed by atoms with van der Waals surface area (Å²) in [6.07, 6.45) is 0. The summed E-state index contributed by atoms with van der Waals surface area (Å²) in [6, 6.07) is 17.4. The van der Waals surface area contributed by atoms with Crippen LogP contribution in [0.15, 0.2) is 65.6 Å². The fraction of sp³-hybridized carbons (Fsp3) is 0.345. The van der Waals surface area contributed by atoms with Crippen molar-refractivity contribution < 1.29 is 32.2 Å². The van der Waals surface area contributed by atoms with E-state index in [1.807, 2.05) is 37.3 Å². The number of hydrogen-bond donors (Lipinski definition) is 0. The van der Waals surface area contributed by atoms with Gasteiger partial charge in [-0.15, -0.1) is 0 Å². The molecule has 1 fully saturated rings. The number of nitrogens with zero attached hydrogens (tertiary/aromatic N) is 3. The Labute approximate surface area is 234 Å². The highest BCUT2D eigenvalue weighted by molar-refractivity contribution is 7.92. The minimum Gasteiger partial charge on any atom is -0.493 e. The van der Waals surface area contributed by atoms with Crippen molar-refractivity contribution in [1.29, 1.82) is 0 Å². The SMILES string of the molecule is COc1ccc(S(=O)(=O)N(CC(=O)N2CCN(Cc3ccc4c(c3)OCO4)CC2)c2ccc(C)cc2)cc1OC. The highest BCUT2D eigenvalue weighted by Crippen LogP contribution is 2.34. The van der Waals surface area contributed by atoms with Crippen LogP contribution in [0.25, 0.3) is 0 Å². The van der Waals surface area contributed by atoms with Gasteiger partial charge in [0.15, 0.2) is 23.0 Å². The molecule has 0 aliphatic carbocycles. The van der Waals surface area contributed by atoms with Crippen molar-refractivity contribution in [2.24, 2.45) is 0 Å². The van der Waals surface area contributed by atoms with Gasteiger partial charge in [0.05, 0.1) is 24.8 Å². The highest BCUT2D eigenvalue weighted by atomic mass is 32.2. The van der Waals surface area contributed by atoms with E-state index in [2.05, 4.69) is 4.90 Å². The van der Waals surface area contributed by atoms with Gasteiger partial charge < -0.3 is 23.8 Å². The van der Waals surface area contributed by atoms with Crippen molar-refractivity contribution in [3.05, 3.63) is 71.8 Å². The molecule has 3 aromatic carbocycles. The first-order valence-electron chi connectivity index (χ1n) is 13.0. The summed E-state index contributed by atoms with van der Waals surface area (Å²) < 4.78 is 50.4. The first-order chi connectivity index (χ1) is 19.3. The standard InChI is InChI=1S/C29H33N3O7S/c1-21-4-7-23(8-5-21)32(40(34,35)24-9-11-25(36-2)27(17-24)37-3)19-29(33)31-14-12-30(13-15-31)18-22-6-10-26-28(16-22)39-20-38-26/h4-11,16-17H,12-15,18-20H2,1-3H3. The first-order valence-corrected chi connectivity index (χ1v) is 14.4. The number of piperazine rings is 1. The van der Waals surface area contributed by atoms with Crippen molar-refractivity contribution in [2.45, 2.75) is 18.4 Å². The lowest BCUT2D eigenvalue weighted by molar-refractivity contribution is -0.131. The molecule has 0 spiro atoms. The first kappa shape index (κ1) is 27.6. The van der Waals surface area contributed by atoms with Crippen LogP contribution in [0, 0.1) is 6.92 Å². The Balaban J connectivity index is 1.30. The van der Waals surface area contributed by atoms with Gasteiger partial charge >= 0.3 is 0 Å². The van der Waals surface area contributed by atoms with Crippen molar-refractivity contribution >= 4 is 21.6 Å². The molecule has 2 heterocycles. The molecule has 3 aromatic rings. The van der Waals surface area contributed by atoms with E-state index in [9.17, 15) is 13.2 Å². The molecule has 5 rings (SSSR count). The molecular weight excluding hydrogens is 534 g/mol. The van der Waals surface area contributed by atoms with E-state index in [4.69, 9.17) is 18.9 Å². The Morgan fingerprint density at radius 1 is 0.875 bits per heavy atom. The van der Waals surface area contributed by atoms with Crippen LogP contribution in [-0.2, 0) is 21.4 Å². The highest BCUT2D eigenvalue weighted by Gasteiger charge is 2.31. The maximum Gasteiger partial charge on any atom is 0.264 e. The number of carbonyl (C=O) groups excluding carboxylic acids is 1. The molecular formula is C29H33N3O7S. The van der Waals surface area contributed by atoms with Crippen LogP contribution in [0.5, 0.6) is 23.0 Å². The van der Waals surface area contributed by atoms with Gasteiger partial charge in [-0.25, -0.2) is 8.42 Å². The van der Waals surface area contributed by atoms with Crippen molar-refractivity contribution in [3.63, 3.8) is 0 Å². The van der Waals surface area contributed by atoms with Crippen LogP contribution >= 0.6 is 0 Å². The molecule has 2 aliphatic heterocycles. The normalized spacial score (nSPS) is 15.1. The molecule has 11 heteroatoms. The number of aryl methyl sites for hydroxylation is 1. The van der Waals surface area contributed by atoms with E-state index in [1.165, 1.54) is 26.4 Å². The Kier molecular flexibility index (Phi) is 8.04. The van der Waals surface area contributed by atoms with E-state index in [0.717, 1.165) is 33.5 Å². The van der Waals surface area contributed by atoms with Gasteiger partial charge in [-0.3, -0.25) is 14.0 Å². The molecule has 0 saturated carbocycles. The Hall–Kier alpha value is -3.96. The Morgan fingerprint density at radius 2 is 1.57 bits per heavy atom. The summed E-state index contributed by atoms with van der Waals surface area (Å²) in [7, 11) is -1.17. The van der Waals surface area contributed by atoms with Crippen LogP contribution < -0.4 is 23.3 Å². The largest absolute Gasteiger partial charge is 0.493 e. The summed E-state index contributed by atoms with van der Waals surface area (Å²) in [5.74, 6) is 1.95. The summed E-state index contributed by atoms with van der Waals surface area (Å²) in [4.78, 5) is 17.5. The third kappa shape index (κ3) is 5.80. The fourth-order valence-corrected chi connectivity index (χ4v) is 6.24. The maximum atomic E-state index is 13.9. The number of methoxy groups -OCH3 is 2. The molecule has 2 aliphatic rings. The average Bonchev–Trinajstić information content (AvgIpc) is 3.44.